The summed E-state index contributed by atoms with van der Waals surface area (Å²) in [6, 6.07) is 13.2. The van der Waals surface area contributed by atoms with Crippen molar-refractivity contribution in [3.8, 4) is 0 Å². The first-order chi connectivity index (χ1) is 11.9. The van der Waals surface area contributed by atoms with Gasteiger partial charge in [-0.3, -0.25) is 9.88 Å². The fourth-order valence-electron chi connectivity index (χ4n) is 4.44. The zero-order valence-electron chi connectivity index (χ0n) is 14.4. The standard InChI is InChI=1S/C21H27N3/c1-4-12-24(13-5-1)21(14-19-6-2-3-7-20(19)15-21)17-23-16-18-8-10-22-11-9-18/h2-3,6-11,23H,1,4-5,12-17H2. The lowest BCUT2D eigenvalue weighted by Crippen LogP contribution is -2.57. The Morgan fingerprint density at radius 3 is 2.25 bits per heavy atom. The van der Waals surface area contributed by atoms with Crippen LogP contribution in [-0.4, -0.2) is 35.1 Å². The molecule has 0 amide bonds. The molecular formula is C21H27N3. The first kappa shape index (κ1) is 15.8. The summed E-state index contributed by atoms with van der Waals surface area (Å²) in [5.41, 5.74) is 4.67. The summed E-state index contributed by atoms with van der Waals surface area (Å²) in [6.45, 7) is 4.49. The molecule has 0 spiro atoms. The summed E-state index contributed by atoms with van der Waals surface area (Å²) in [4.78, 5) is 6.88. The highest BCUT2D eigenvalue weighted by Gasteiger charge is 2.41. The Balaban J connectivity index is 1.49. The van der Waals surface area contributed by atoms with E-state index in [1.165, 1.54) is 50.8 Å². The second kappa shape index (κ2) is 7.04. The number of nitrogens with one attached hydrogen (secondary N) is 1. The second-order valence-electron chi connectivity index (χ2n) is 7.35. The maximum Gasteiger partial charge on any atom is 0.0414 e. The highest BCUT2D eigenvalue weighted by molar-refractivity contribution is 5.37. The Kier molecular flexibility index (Phi) is 4.63. The molecule has 0 radical (unpaired) electrons. The Labute approximate surface area is 145 Å². The molecule has 0 unspecified atom stereocenters. The molecular weight excluding hydrogens is 294 g/mol. The summed E-state index contributed by atoms with van der Waals surface area (Å²) in [5.74, 6) is 0. The number of fused-ring (bicyclic) bond motifs is 1. The van der Waals surface area contributed by atoms with Crippen LogP contribution in [0.25, 0.3) is 0 Å². The van der Waals surface area contributed by atoms with Crippen molar-refractivity contribution in [3.05, 3.63) is 65.5 Å². The molecule has 1 aromatic carbocycles. The van der Waals surface area contributed by atoms with Gasteiger partial charge in [-0.05, 0) is 67.6 Å². The minimum atomic E-state index is 0.261. The highest BCUT2D eigenvalue weighted by Crippen LogP contribution is 2.36. The van der Waals surface area contributed by atoms with Gasteiger partial charge in [-0.1, -0.05) is 30.7 Å². The van der Waals surface area contributed by atoms with Gasteiger partial charge in [-0.25, -0.2) is 0 Å². The number of hydrogen-bond acceptors (Lipinski definition) is 3. The summed E-state index contributed by atoms with van der Waals surface area (Å²) in [5, 5.41) is 3.75. The van der Waals surface area contributed by atoms with E-state index in [9.17, 15) is 0 Å². The third-order valence-corrected chi connectivity index (χ3v) is 5.72. The SMILES string of the molecule is c1ccc2c(c1)CC(CNCc1ccncc1)(N1CCCCC1)C2. The smallest absolute Gasteiger partial charge is 0.0414 e. The van der Waals surface area contributed by atoms with Crippen LogP contribution in [0.4, 0.5) is 0 Å². The first-order valence-corrected chi connectivity index (χ1v) is 9.27. The van der Waals surface area contributed by atoms with Crippen molar-refractivity contribution in [2.45, 2.75) is 44.2 Å². The molecule has 4 rings (SSSR count). The minimum absolute atomic E-state index is 0.261. The van der Waals surface area contributed by atoms with E-state index < -0.39 is 0 Å². The Morgan fingerprint density at radius 2 is 1.58 bits per heavy atom. The van der Waals surface area contributed by atoms with Crippen molar-refractivity contribution >= 4 is 0 Å². The molecule has 1 aliphatic carbocycles. The molecule has 2 heterocycles. The van der Waals surface area contributed by atoms with Crippen molar-refractivity contribution in [1.29, 1.82) is 0 Å². The molecule has 1 N–H and O–H groups in total. The van der Waals surface area contributed by atoms with Gasteiger partial charge in [0.1, 0.15) is 0 Å². The van der Waals surface area contributed by atoms with Crippen molar-refractivity contribution in [2.24, 2.45) is 0 Å². The molecule has 1 aliphatic heterocycles. The largest absolute Gasteiger partial charge is 0.311 e. The van der Waals surface area contributed by atoms with E-state index in [0.717, 1.165) is 13.1 Å². The number of aromatic nitrogens is 1. The predicted octanol–water partition coefficient (Wildman–Crippen LogP) is 3.19. The third kappa shape index (κ3) is 3.24. The molecule has 1 saturated heterocycles. The molecule has 24 heavy (non-hydrogen) atoms. The second-order valence-corrected chi connectivity index (χ2v) is 7.35. The maximum absolute atomic E-state index is 4.11. The molecule has 3 heteroatoms. The lowest BCUT2D eigenvalue weighted by atomic mass is 9.90. The summed E-state index contributed by atoms with van der Waals surface area (Å²) >= 11 is 0. The fraction of sp³-hybridized carbons (Fsp3) is 0.476. The average Bonchev–Trinajstić information content (AvgIpc) is 3.03. The number of rotatable bonds is 5. The zero-order chi connectivity index (χ0) is 16.2. The molecule has 2 aliphatic rings. The van der Waals surface area contributed by atoms with Crippen molar-refractivity contribution in [3.63, 3.8) is 0 Å². The summed E-state index contributed by atoms with van der Waals surface area (Å²) in [7, 11) is 0. The molecule has 1 fully saturated rings. The van der Waals surface area contributed by atoms with E-state index in [0.29, 0.717) is 0 Å². The van der Waals surface area contributed by atoms with Gasteiger partial charge in [0.25, 0.3) is 0 Å². The van der Waals surface area contributed by atoms with Gasteiger partial charge in [0.2, 0.25) is 0 Å². The third-order valence-electron chi connectivity index (χ3n) is 5.72. The molecule has 0 bridgehead atoms. The average molecular weight is 321 g/mol. The Hall–Kier alpha value is -1.71. The fourth-order valence-corrected chi connectivity index (χ4v) is 4.44. The molecule has 0 saturated carbocycles. The van der Waals surface area contributed by atoms with Crippen molar-refractivity contribution in [1.82, 2.24) is 15.2 Å². The monoisotopic (exact) mass is 321 g/mol. The van der Waals surface area contributed by atoms with E-state index in [-0.39, 0.29) is 5.54 Å². The topological polar surface area (TPSA) is 28.2 Å². The number of piperidine rings is 1. The van der Waals surface area contributed by atoms with Gasteiger partial charge in [0.15, 0.2) is 0 Å². The number of pyridine rings is 1. The van der Waals surface area contributed by atoms with E-state index in [4.69, 9.17) is 0 Å². The van der Waals surface area contributed by atoms with Crippen LogP contribution in [0.5, 0.6) is 0 Å². The Bertz CT molecular complexity index is 637. The van der Waals surface area contributed by atoms with Crippen LogP contribution in [0.15, 0.2) is 48.8 Å². The summed E-state index contributed by atoms with van der Waals surface area (Å²) < 4.78 is 0. The minimum Gasteiger partial charge on any atom is -0.311 e. The van der Waals surface area contributed by atoms with Gasteiger partial charge in [0.05, 0.1) is 0 Å². The van der Waals surface area contributed by atoms with Crippen LogP contribution >= 0.6 is 0 Å². The lowest BCUT2D eigenvalue weighted by molar-refractivity contribution is 0.0724. The number of likely N-dealkylation sites (tertiary alicyclic amines) is 1. The van der Waals surface area contributed by atoms with Gasteiger partial charge in [-0.2, -0.15) is 0 Å². The molecule has 126 valence electrons. The Morgan fingerprint density at radius 1 is 0.917 bits per heavy atom. The molecule has 3 nitrogen and oxygen atoms in total. The van der Waals surface area contributed by atoms with Crippen LogP contribution in [0.2, 0.25) is 0 Å². The van der Waals surface area contributed by atoms with Crippen LogP contribution in [0, 0.1) is 0 Å². The van der Waals surface area contributed by atoms with Crippen LogP contribution in [0.1, 0.15) is 36.0 Å². The number of benzene rings is 1. The van der Waals surface area contributed by atoms with E-state index in [2.05, 4.69) is 51.6 Å². The maximum atomic E-state index is 4.11. The summed E-state index contributed by atoms with van der Waals surface area (Å²) in [6.07, 6.45) is 10.2. The van der Waals surface area contributed by atoms with Crippen LogP contribution in [-0.2, 0) is 19.4 Å². The van der Waals surface area contributed by atoms with Crippen molar-refractivity contribution in [2.75, 3.05) is 19.6 Å². The zero-order valence-corrected chi connectivity index (χ0v) is 14.4. The lowest BCUT2D eigenvalue weighted by Gasteiger charge is -2.44. The number of nitrogens with zero attached hydrogens (tertiary/aromatic N) is 2. The van der Waals surface area contributed by atoms with Crippen molar-refractivity contribution < 1.29 is 0 Å². The van der Waals surface area contributed by atoms with Gasteiger partial charge in [0, 0.05) is 31.0 Å². The normalized spacial score (nSPS) is 20.0. The molecule has 0 atom stereocenters. The van der Waals surface area contributed by atoms with Crippen LogP contribution in [0.3, 0.4) is 0 Å². The molecule has 1 aromatic heterocycles. The van der Waals surface area contributed by atoms with Gasteiger partial charge >= 0.3 is 0 Å². The first-order valence-electron chi connectivity index (χ1n) is 9.27. The van der Waals surface area contributed by atoms with Gasteiger partial charge < -0.3 is 5.32 Å². The van der Waals surface area contributed by atoms with E-state index in [1.54, 1.807) is 11.1 Å². The van der Waals surface area contributed by atoms with Crippen LogP contribution < -0.4 is 5.32 Å². The van der Waals surface area contributed by atoms with Gasteiger partial charge in [-0.15, -0.1) is 0 Å². The van der Waals surface area contributed by atoms with E-state index >= 15 is 0 Å². The molecule has 2 aromatic rings. The number of hydrogen-bond donors (Lipinski definition) is 1. The highest BCUT2D eigenvalue weighted by atomic mass is 15.2. The van der Waals surface area contributed by atoms with E-state index in [1.807, 2.05) is 12.4 Å². The predicted molar refractivity (Wildman–Crippen MR) is 97.9 cm³/mol. The quantitative estimate of drug-likeness (QED) is 0.917.